The van der Waals surface area contributed by atoms with Crippen molar-refractivity contribution in [3.63, 3.8) is 0 Å². The minimum Gasteiger partial charge on any atom is -0.366 e. The summed E-state index contributed by atoms with van der Waals surface area (Å²) in [4.78, 5) is 13.4. The lowest BCUT2D eigenvalue weighted by molar-refractivity contribution is 0.410. The molecule has 0 atom stereocenters. The third-order valence-corrected chi connectivity index (χ3v) is 5.95. The predicted molar refractivity (Wildman–Crippen MR) is 123 cm³/mol. The van der Waals surface area contributed by atoms with Crippen LogP contribution in [0.25, 0.3) is 11.3 Å². The molecule has 156 valence electrons. The molecule has 2 heterocycles. The summed E-state index contributed by atoms with van der Waals surface area (Å²) >= 11 is 12.6. The van der Waals surface area contributed by atoms with Crippen LogP contribution >= 0.6 is 23.2 Å². The quantitative estimate of drug-likeness (QED) is 0.489. The van der Waals surface area contributed by atoms with Gasteiger partial charge in [0.05, 0.1) is 16.9 Å². The van der Waals surface area contributed by atoms with Crippen molar-refractivity contribution in [2.75, 3.05) is 10.6 Å². The highest BCUT2D eigenvalue weighted by Gasteiger charge is 2.19. The minimum atomic E-state index is 0.304. The first-order chi connectivity index (χ1) is 14.6. The van der Waals surface area contributed by atoms with Crippen molar-refractivity contribution >= 4 is 35.0 Å². The van der Waals surface area contributed by atoms with Crippen LogP contribution in [0.3, 0.4) is 0 Å². The van der Waals surface area contributed by atoms with Crippen molar-refractivity contribution < 1.29 is 0 Å². The highest BCUT2D eigenvalue weighted by Crippen LogP contribution is 2.28. The fourth-order valence-electron chi connectivity index (χ4n) is 3.59. The molecule has 0 amide bonds. The maximum atomic E-state index is 6.41. The number of pyridine rings is 1. The summed E-state index contributed by atoms with van der Waals surface area (Å²) in [5, 5.41) is 7.95. The number of anilines is 2. The zero-order chi connectivity index (χ0) is 20.9. The SMILES string of the molecule is NC1CCC(Nc2ncc(Cl)c(-c3ccnc(NCc4ccccc4Cl)c3)n2)CC1. The molecule has 0 saturated heterocycles. The van der Waals surface area contributed by atoms with E-state index in [9.17, 15) is 0 Å². The molecule has 0 radical (unpaired) electrons. The normalized spacial score (nSPS) is 18.8. The van der Waals surface area contributed by atoms with Crippen LogP contribution in [-0.2, 0) is 6.54 Å². The van der Waals surface area contributed by atoms with Crippen molar-refractivity contribution in [3.8, 4) is 11.3 Å². The highest BCUT2D eigenvalue weighted by molar-refractivity contribution is 6.33. The van der Waals surface area contributed by atoms with Gasteiger partial charge in [-0.1, -0.05) is 41.4 Å². The standard InChI is InChI=1S/C22H24Cl2N6/c23-18-4-2-1-3-15(18)12-27-20-11-14(9-10-26-20)21-19(24)13-28-22(30-21)29-17-7-5-16(25)6-8-17/h1-4,9-11,13,16-17H,5-8,12,25H2,(H,26,27)(H,28,29,30). The van der Waals surface area contributed by atoms with E-state index in [0.29, 0.717) is 35.3 Å². The molecule has 4 N–H and O–H groups in total. The third-order valence-electron chi connectivity index (χ3n) is 5.30. The molecule has 2 aromatic heterocycles. The van der Waals surface area contributed by atoms with E-state index in [-0.39, 0.29) is 0 Å². The molecule has 1 aromatic carbocycles. The average Bonchev–Trinajstić information content (AvgIpc) is 2.76. The molecule has 4 rings (SSSR count). The van der Waals surface area contributed by atoms with Crippen LogP contribution in [0.15, 0.2) is 48.8 Å². The van der Waals surface area contributed by atoms with E-state index in [4.69, 9.17) is 28.9 Å². The number of rotatable bonds is 6. The number of benzene rings is 1. The van der Waals surface area contributed by atoms with Crippen molar-refractivity contribution in [2.24, 2.45) is 5.73 Å². The van der Waals surface area contributed by atoms with E-state index in [1.807, 2.05) is 36.4 Å². The molecular formula is C22H24Cl2N6. The summed E-state index contributed by atoms with van der Waals surface area (Å²) in [5.74, 6) is 1.30. The third kappa shape index (κ3) is 5.19. The fraction of sp³-hybridized carbons (Fsp3) is 0.318. The van der Waals surface area contributed by atoms with Crippen molar-refractivity contribution in [1.82, 2.24) is 15.0 Å². The summed E-state index contributed by atoms with van der Waals surface area (Å²) < 4.78 is 0. The topological polar surface area (TPSA) is 88.8 Å². The van der Waals surface area contributed by atoms with Crippen molar-refractivity contribution in [1.29, 1.82) is 0 Å². The summed E-state index contributed by atoms with van der Waals surface area (Å²) in [5.41, 5.74) is 8.54. The average molecular weight is 443 g/mol. The molecule has 1 aliphatic rings. The number of hydrogen-bond donors (Lipinski definition) is 3. The Kier molecular flexibility index (Phi) is 6.67. The van der Waals surface area contributed by atoms with Gasteiger partial charge >= 0.3 is 0 Å². The molecule has 8 heteroatoms. The van der Waals surface area contributed by atoms with Gasteiger partial charge in [-0.3, -0.25) is 0 Å². The van der Waals surface area contributed by atoms with Crippen molar-refractivity contribution in [2.45, 2.75) is 44.3 Å². The van der Waals surface area contributed by atoms with Gasteiger partial charge in [-0.2, -0.15) is 0 Å². The van der Waals surface area contributed by atoms with E-state index in [0.717, 1.165) is 47.7 Å². The van der Waals surface area contributed by atoms with Crippen LogP contribution in [0.4, 0.5) is 11.8 Å². The number of nitrogens with one attached hydrogen (secondary N) is 2. The number of halogens is 2. The van der Waals surface area contributed by atoms with Gasteiger partial charge in [0.15, 0.2) is 0 Å². The van der Waals surface area contributed by atoms with Gasteiger partial charge in [0.25, 0.3) is 0 Å². The Morgan fingerprint density at radius 1 is 1.00 bits per heavy atom. The van der Waals surface area contributed by atoms with Gasteiger partial charge < -0.3 is 16.4 Å². The van der Waals surface area contributed by atoms with Gasteiger partial charge in [-0.15, -0.1) is 0 Å². The first-order valence-corrected chi connectivity index (χ1v) is 10.8. The van der Waals surface area contributed by atoms with E-state index >= 15 is 0 Å². The zero-order valence-electron chi connectivity index (χ0n) is 16.5. The molecule has 1 fully saturated rings. The summed E-state index contributed by atoms with van der Waals surface area (Å²) in [7, 11) is 0. The molecular weight excluding hydrogens is 419 g/mol. The fourth-order valence-corrected chi connectivity index (χ4v) is 3.99. The molecule has 0 spiro atoms. The van der Waals surface area contributed by atoms with Crippen molar-refractivity contribution in [3.05, 3.63) is 64.4 Å². The predicted octanol–water partition coefficient (Wildman–Crippen LogP) is 5.14. The second kappa shape index (κ2) is 9.60. The molecule has 0 aliphatic heterocycles. The molecule has 1 saturated carbocycles. The highest BCUT2D eigenvalue weighted by atomic mass is 35.5. The number of nitrogens with two attached hydrogens (primary N) is 1. The van der Waals surface area contributed by atoms with Gasteiger partial charge in [-0.25, -0.2) is 15.0 Å². The van der Waals surface area contributed by atoms with Crippen LogP contribution in [0.1, 0.15) is 31.2 Å². The van der Waals surface area contributed by atoms with Gasteiger partial charge in [0.1, 0.15) is 5.82 Å². The molecule has 3 aromatic rings. The molecule has 0 bridgehead atoms. The Labute approximate surface area is 186 Å². The molecule has 30 heavy (non-hydrogen) atoms. The maximum absolute atomic E-state index is 6.41. The van der Waals surface area contributed by atoms with Gasteiger partial charge in [-0.05, 0) is 49.4 Å². The van der Waals surface area contributed by atoms with Gasteiger partial charge in [0.2, 0.25) is 5.95 Å². The molecule has 6 nitrogen and oxygen atoms in total. The van der Waals surface area contributed by atoms with Crippen LogP contribution in [0.2, 0.25) is 10.0 Å². The molecule has 1 aliphatic carbocycles. The lowest BCUT2D eigenvalue weighted by atomic mass is 9.92. The number of hydrogen-bond acceptors (Lipinski definition) is 6. The Hall–Kier alpha value is -2.41. The second-order valence-corrected chi connectivity index (χ2v) is 8.34. The second-order valence-electron chi connectivity index (χ2n) is 7.52. The van der Waals surface area contributed by atoms with Crippen LogP contribution in [-0.4, -0.2) is 27.0 Å². The van der Waals surface area contributed by atoms with E-state index < -0.39 is 0 Å². The lowest BCUT2D eigenvalue weighted by Crippen LogP contribution is -2.33. The summed E-state index contributed by atoms with van der Waals surface area (Å²) in [6.45, 7) is 0.574. The van der Waals surface area contributed by atoms with E-state index in [1.165, 1.54) is 0 Å². The van der Waals surface area contributed by atoms with Crippen LogP contribution < -0.4 is 16.4 Å². The first-order valence-electron chi connectivity index (χ1n) is 10.1. The summed E-state index contributed by atoms with van der Waals surface area (Å²) in [6, 6.07) is 12.2. The Balaban J connectivity index is 1.49. The number of aromatic nitrogens is 3. The van der Waals surface area contributed by atoms with E-state index in [1.54, 1.807) is 12.4 Å². The minimum absolute atomic E-state index is 0.304. The Bertz CT molecular complexity index is 1000. The number of nitrogens with zero attached hydrogens (tertiary/aromatic N) is 3. The van der Waals surface area contributed by atoms with Crippen LogP contribution in [0.5, 0.6) is 0 Å². The lowest BCUT2D eigenvalue weighted by Gasteiger charge is -2.26. The Morgan fingerprint density at radius 3 is 2.60 bits per heavy atom. The Morgan fingerprint density at radius 2 is 1.80 bits per heavy atom. The molecule has 0 unspecified atom stereocenters. The smallest absolute Gasteiger partial charge is 0.223 e. The monoisotopic (exact) mass is 442 g/mol. The van der Waals surface area contributed by atoms with Crippen LogP contribution in [0, 0.1) is 0 Å². The van der Waals surface area contributed by atoms with E-state index in [2.05, 4.69) is 25.6 Å². The summed E-state index contributed by atoms with van der Waals surface area (Å²) in [6.07, 6.45) is 7.45. The van der Waals surface area contributed by atoms with Gasteiger partial charge in [0, 0.05) is 35.4 Å². The first kappa shape index (κ1) is 20.8. The largest absolute Gasteiger partial charge is 0.366 e. The zero-order valence-corrected chi connectivity index (χ0v) is 18.0. The maximum Gasteiger partial charge on any atom is 0.223 e.